The van der Waals surface area contributed by atoms with Gasteiger partial charge in [-0.2, -0.15) is 4.80 Å². The summed E-state index contributed by atoms with van der Waals surface area (Å²) in [5.41, 5.74) is 0.0314. The van der Waals surface area contributed by atoms with Gasteiger partial charge < -0.3 is 0 Å². The number of aromatic nitrogens is 4. The Hall–Kier alpha value is -2.18. The Morgan fingerprint density at radius 3 is 2.78 bits per heavy atom. The third-order valence-electron chi connectivity index (χ3n) is 2.32. The minimum atomic E-state index is -0.988. The van der Waals surface area contributed by atoms with Crippen molar-refractivity contribution < 1.29 is 13.6 Å². The van der Waals surface area contributed by atoms with Crippen LogP contribution in [0.3, 0.4) is 0 Å². The fraction of sp³-hybridized carbons (Fsp3) is 0.273. The van der Waals surface area contributed by atoms with Gasteiger partial charge in [0.25, 0.3) is 0 Å². The standard InChI is InChI=1S/C11H10F2N4O/c1-17-15-10(14-16-17)6-8(18)5-7-3-2-4-9(12)11(7)13/h2-4H,5-6H2,1H3. The van der Waals surface area contributed by atoms with Gasteiger partial charge in [-0.25, -0.2) is 8.78 Å². The Labute approximate surface area is 101 Å². The Bertz CT molecular complexity index is 582. The van der Waals surface area contributed by atoms with Crippen molar-refractivity contribution >= 4 is 5.78 Å². The van der Waals surface area contributed by atoms with Gasteiger partial charge in [0.05, 0.1) is 13.5 Å². The number of tetrazole rings is 1. The highest BCUT2D eigenvalue weighted by Crippen LogP contribution is 2.12. The first-order valence-corrected chi connectivity index (χ1v) is 5.23. The van der Waals surface area contributed by atoms with Gasteiger partial charge in [0.15, 0.2) is 17.5 Å². The van der Waals surface area contributed by atoms with E-state index in [1.165, 1.54) is 16.9 Å². The maximum absolute atomic E-state index is 13.3. The summed E-state index contributed by atoms with van der Waals surface area (Å²) in [5, 5.41) is 11.1. The first-order valence-electron chi connectivity index (χ1n) is 5.23. The molecule has 2 aromatic rings. The van der Waals surface area contributed by atoms with Gasteiger partial charge in [0.1, 0.15) is 5.78 Å². The molecule has 0 N–H and O–H groups in total. The molecule has 0 bridgehead atoms. The van der Waals surface area contributed by atoms with Gasteiger partial charge in [-0.05, 0) is 16.8 Å². The lowest BCUT2D eigenvalue weighted by Crippen LogP contribution is -2.10. The average Bonchev–Trinajstić information content (AvgIpc) is 2.70. The summed E-state index contributed by atoms with van der Waals surface area (Å²) in [7, 11) is 1.58. The van der Waals surface area contributed by atoms with Gasteiger partial charge in [0, 0.05) is 6.42 Å². The number of carbonyl (C=O) groups is 1. The Balaban J connectivity index is 2.05. The fourth-order valence-electron chi connectivity index (χ4n) is 1.53. The number of carbonyl (C=O) groups excluding carboxylic acids is 1. The summed E-state index contributed by atoms with van der Waals surface area (Å²) in [5.74, 6) is -1.98. The predicted molar refractivity (Wildman–Crippen MR) is 57.6 cm³/mol. The van der Waals surface area contributed by atoms with Gasteiger partial charge >= 0.3 is 0 Å². The van der Waals surface area contributed by atoms with E-state index in [1.54, 1.807) is 7.05 Å². The van der Waals surface area contributed by atoms with Crippen molar-refractivity contribution in [2.75, 3.05) is 0 Å². The molecule has 5 nitrogen and oxygen atoms in total. The van der Waals surface area contributed by atoms with Crippen molar-refractivity contribution in [3.05, 3.63) is 41.2 Å². The lowest BCUT2D eigenvalue weighted by molar-refractivity contribution is -0.117. The second-order valence-electron chi connectivity index (χ2n) is 3.80. The summed E-state index contributed by atoms with van der Waals surface area (Å²) >= 11 is 0. The molecule has 0 saturated carbocycles. The molecule has 2 rings (SSSR count). The molecule has 0 amide bonds. The van der Waals surface area contributed by atoms with E-state index in [0.29, 0.717) is 0 Å². The van der Waals surface area contributed by atoms with Crippen LogP contribution < -0.4 is 0 Å². The molecular weight excluding hydrogens is 242 g/mol. The molecule has 7 heteroatoms. The topological polar surface area (TPSA) is 60.7 Å². The highest BCUT2D eigenvalue weighted by Gasteiger charge is 2.14. The van der Waals surface area contributed by atoms with Crippen LogP contribution in [-0.2, 0) is 24.7 Å². The largest absolute Gasteiger partial charge is 0.299 e. The minimum Gasteiger partial charge on any atom is -0.299 e. The molecule has 0 saturated heterocycles. The third kappa shape index (κ3) is 2.73. The quantitative estimate of drug-likeness (QED) is 0.809. The molecule has 0 spiro atoms. The first kappa shape index (κ1) is 12.3. The number of Topliss-reactive ketones (excluding diaryl/α,β-unsaturated/α-hetero) is 1. The number of benzene rings is 1. The van der Waals surface area contributed by atoms with Crippen molar-refractivity contribution in [2.24, 2.45) is 7.05 Å². The summed E-state index contributed by atoms with van der Waals surface area (Å²) in [6, 6.07) is 3.75. The van der Waals surface area contributed by atoms with E-state index in [0.717, 1.165) is 6.07 Å². The van der Waals surface area contributed by atoms with E-state index in [9.17, 15) is 13.6 Å². The molecule has 18 heavy (non-hydrogen) atoms. The van der Waals surface area contributed by atoms with Gasteiger partial charge in [0.2, 0.25) is 0 Å². The Kier molecular flexibility index (Phi) is 3.40. The smallest absolute Gasteiger partial charge is 0.182 e. The molecule has 1 aromatic heterocycles. The van der Waals surface area contributed by atoms with E-state index < -0.39 is 11.6 Å². The van der Waals surface area contributed by atoms with E-state index in [4.69, 9.17) is 0 Å². The lowest BCUT2D eigenvalue weighted by atomic mass is 10.1. The van der Waals surface area contributed by atoms with Crippen molar-refractivity contribution in [1.29, 1.82) is 0 Å². The molecule has 0 aliphatic rings. The number of aryl methyl sites for hydroxylation is 1. The summed E-state index contributed by atoms with van der Waals surface area (Å²) in [6.07, 6.45) is -0.244. The number of hydrogen-bond donors (Lipinski definition) is 0. The summed E-state index contributed by atoms with van der Waals surface area (Å²) in [4.78, 5) is 12.9. The number of halogens is 2. The molecule has 0 radical (unpaired) electrons. The van der Waals surface area contributed by atoms with Crippen LogP contribution in [0.4, 0.5) is 8.78 Å². The molecule has 0 unspecified atom stereocenters. The minimum absolute atomic E-state index is 0.0314. The second kappa shape index (κ2) is 4.99. The van der Waals surface area contributed by atoms with Crippen molar-refractivity contribution in [1.82, 2.24) is 20.2 Å². The van der Waals surface area contributed by atoms with E-state index >= 15 is 0 Å². The normalized spacial score (nSPS) is 10.6. The molecule has 0 fully saturated rings. The third-order valence-corrected chi connectivity index (χ3v) is 2.32. The molecule has 0 atom stereocenters. The molecule has 0 aliphatic carbocycles. The number of hydrogen-bond acceptors (Lipinski definition) is 4. The monoisotopic (exact) mass is 252 g/mol. The van der Waals surface area contributed by atoms with Crippen molar-refractivity contribution in [3.63, 3.8) is 0 Å². The van der Waals surface area contributed by atoms with Crippen LogP contribution in [0.15, 0.2) is 18.2 Å². The molecule has 0 aliphatic heterocycles. The van der Waals surface area contributed by atoms with Crippen LogP contribution in [0.25, 0.3) is 0 Å². The zero-order valence-electron chi connectivity index (χ0n) is 9.60. The summed E-state index contributed by atoms with van der Waals surface area (Å²) < 4.78 is 26.3. The highest BCUT2D eigenvalue weighted by atomic mass is 19.2. The number of rotatable bonds is 4. The van der Waals surface area contributed by atoms with E-state index in [-0.39, 0.29) is 30.0 Å². The van der Waals surface area contributed by atoms with E-state index in [1.807, 2.05) is 0 Å². The van der Waals surface area contributed by atoms with Crippen LogP contribution in [0.5, 0.6) is 0 Å². The Morgan fingerprint density at radius 2 is 2.11 bits per heavy atom. The van der Waals surface area contributed by atoms with Crippen molar-refractivity contribution in [2.45, 2.75) is 12.8 Å². The lowest BCUT2D eigenvalue weighted by Gasteiger charge is -2.01. The highest BCUT2D eigenvalue weighted by molar-refractivity contribution is 5.82. The van der Waals surface area contributed by atoms with Crippen LogP contribution in [0.1, 0.15) is 11.4 Å². The molecular formula is C11H10F2N4O. The van der Waals surface area contributed by atoms with Gasteiger partial charge in [-0.3, -0.25) is 4.79 Å². The van der Waals surface area contributed by atoms with Crippen LogP contribution in [0.2, 0.25) is 0 Å². The van der Waals surface area contributed by atoms with Crippen molar-refractivity contribution in [3.8, 4) is 0 Å². The predicted octanol–water partition coefficient (Wildman–Crippen LogP) is 0.843. The SMILES string of the molecule is Cn1nnc(CC(=O)Cc2cccc(F)c2F)n1. The number of nitrogens with zero attached hydrogens (tertiary/aromatic N) is 4. The molecule has 1 heterocycles. The van der Waals surface area contributed by atoms with Gasteiger partial charge in [-0.1, -0.05) is 12.1 Å². The second-order valence-corrected chi connectivity index (χ2v) is 3.80. The number of ketones is 1. The van der Waals surface area contributed by atoms with Crippen LogP contribution in [0, 0.1) is 11.6 Å². The average molecular weight is 252 g/mol. The van der Waals surface area contributed by atoms with Gasteiger partial charge in [-0.15, -0.1) is 10.2 Å². The zero-order valence-corrected chi connectivity index (χ0v) is 9.60. The molecule has 94 valence electrons. The Morgan fingerprint density at radius 1 is 1.33 bits per heavy atom. The van der Waals surface area contributed by atoms with E-state index in [2.05, 4.69) is 15.4 Å². The maximum Gasteiger partial charge on any atom is 0.182 e. The molecule has 1 aromatic carbocycles. The van der Waals surface area contributed by atoms with Crippen LogP contribution >= 0.6 is 0 Å². The first-order chi connectivity index (χ1) is 8.56. The maximum atomic E-state index is 13.3. The van der Waals surface area contributed by atoms with Crippen LogP contribution in [-0.4, -0.2) is 26.0 Å². The summed E-state index contributed by atoms with van der Waals surface area (Å²) in [6.45, 7) is 0. The zero-order chi connectivity index (χ0) is 13.1. The fourth-order valence-corrected chi connectivity index (χ4v) is 1.53.